The number of hydrogen-bond acceptors (Lipinski definition) is 5. The highest BCUT2D eigenvalue weighted by molar-refractivity contribution is 7.86. The van der Waals surface area contributed by atoms with Crippen molar-refractivity contribution in [3.8, 4) is 0 Å². The number of hydrogen-bond donors (Lipinski definition) is 1. The van der Waals surface area contributed by atoms with E-state index in [4.69, 9.17) is 14.0 Å². The van der Waals surface area contributed by atoms with Crippen LogP contribution in [0.3, 0.4) is 0 Å². The van der Waals surface area contributed by atoms with Gasteiger partial charge < -0.3 is 9.47 Å². The molecular formula is C18H28F2O6S. The highest BCUT2D eigenvalue weighted by Gasteiger charge is 2.46. The van der Waals surface area contributed by atoms with E-state index < -0.39 is 28.1 Å². The Morgan fingerprint density at radius 1 is 1.11 bits per heavy atom. The SMILES string of the molecule is O=C(OC(COCC(F)(F)S(=O)(=O)O)C1CCCCC1)C1CC2CCC1C2. The average Bonchev–Trinajstić information content (AvgIpc) is 3.24. The minimum absolute atomic E-state index is 0.0284. The maximum absolute atomic E-state index is 13.4. The molecule has 156 valence electrons. The van der Waals surface area contributed by atoms with Crippen molar-refractivity contribution in [1.29, 1.82) is 0 Å². The van der Waals surface area contributed by atoms with E-state index in [-0.39, 0.29) is 24.4 Å². The minimum Gasteiger partial charge on any atom is -0.459 e. The zero-order valence-electron chi connectivity index (χ0n) is 15.3. The zero-order valence-corrected chi connectivity index (χ0v) is 16.1. The van der Waals surface area contributed by atoms with Crippen LogP contribution in [0.4, 0.5) is 8.78 Å². The van der Waals surface area contributed by atoms with Crippen LogP contribution in [0.5, 0.6) is 0 Å². The second kappa shape index (κ2) is 8.29. The summed E-state index contributed by atoms with van der Waals surface area (Å²) in [5.41, 5.74) is 0. The first-order valence-electron chi connectivity index (χ1n) is 9.80. The van der Waals surface area contributed by atoms with Gasteiger partial charge >= 0.3 is 21.3 Å². The molecule has 0 radical (unpaired) electrons. The normalized spacial score (nSPS) is 30.4. The second-order valence-electron chi connectivity index (χ2n) is 8.28. The summed E-state index contributed by atoms with van der Waals surface area (Å²) in [5, 5.41) is -4.38. The molecule has 0 aromatic heterocycles. The maximum Gasteiger partial charge on any atom is 0.392 e. The van der Waals surface area contributed by atoms with E-state index in [9.17, 15) is 22.0 Å². The van der Waals surface area contributed by atoms with Gasteiger partial charge in [0, 0.05) is 0 Å². The number of rotatable bonds is 8. The average molecular weight is 410 g/mol. The standard InChI is InChI=1S/C18H28F2O6S/c19-18(20,27(22,23)24)11-25-10-16(13-4-2-1-3-5-13)26-17(21)15-9-12-6-7-14(15)8-12/h12-16H,1-11H2,(H,22,23,24). The lowest BCUT2D eigenvalue weighted by Gasteiger charge is -2.32. The van der Waals surface area contributed by atoms with Gasteiger partial charge in [0.05, 0.1) is 12.5 Å². The van der Waals surface area contributed by atoms with E-state index in [1.165, 1.54) is 0 Å². The number of halogens is 2. The predicted molar refractivity (Wildman–Crippen MR) is 92.7 cm³/mol. The Balaban J connectivity index is 1.58. The minimum atomic E-state index is -5.53. The van der Waals surface area contributed by atoms with Crippen molar-refractivity contribution in [1.82, 2.24) is 0 Å². The first kappa shape index (κ1) is 20.9. The number of carbonyl (C=O) groups is 1. The summed E-state index contributed by atoms with van der Waals surface area (Å²) >= 11 is 0. The van der Waals surface area contributed by atoms with Gasteiger partial charge in [0.2, 0.25) is 0 Å². The van der Waals surface area contributed by atoms with Gasteiger partial charge in [-0.25, -0.2) is 0 Å². The van der Waals surface area contributed by atoms with Crippen LogP contribution in [0.15, 0.2) is 0 Å². The van der Waals surface area contributed by atoms with Crippen molar-refractivity contribution in [3.63, 3.8) is 0 Å². The van der Waals surface area contributed by atoms with Crippen LogP contribution < -0.4 is 0 Å². The number of ether oxygens (including phenoxy) is 2. The van der Waals surface area contributed by atoms with Crippen molar-refractivity contribution < 1.29 is 36.0 Å². The Hall–Kier alpha value is -0.800. The van der Waals surface area contributed by atoms with Crippen molar-refractivity contribution in [3.05, 3.63) is 0 Å². The van der Waals surface area contributed by atoms with Crippen LogP contribution in [0.2, 0.25) is 0 Å². The molecule has 0 spiro atoms. The van der Waals surface area contributed by atoms with Gasteiger partial charge in [-0.2, -0.15) is 17.2 Å². The molecule has 3 saturated carbocycles. The van der Waals surface area contributed by atoms with E-state index >= 15 is 0 Å². The van der Waals surface area contributed by atoms with Gasteiger partial charge in [-0.05, 0) is 49.9 Å². The third-order valence-electron chi connectivity index (χ3n) is 6.41. The van der Waals surface area contributed by atoms with Gasteiger partial charge in [-0.3, -0.25) is 9.35 Å². The van der Waals surface area contributed by atoms with Gasteiger partial charge in [0.1, 0.15) is 12.7 Å². The lowest BCUT2D eigenvalue weighted by atomic mass is 9.85. The maximum atomic E-state index is 13.4. The molecule has 3 aliphatic carbocycles. The molecule has 0 saturated heterocycles. The van der Waals surface area contributed by atoms with Gasteiger partial charge in [0.15, 0.2) is 0 Å². The summed E-state index contributed by atoms with van der Waals surface area (Å²) < 4.78 is 67.3. The van der Waals surface area contributed by atoms with Crippen molar-refractivity contribution in [2.45, 2.75) is 69.1 Å². The molecule has 0 aromatic carbocycles. The molecule has 27 heavy (non-hydrogen) atoms. The highest BCUT2D eigenvalue weighted by atomic mass is 32.2. The first-order valence-corrected chi connectivity index (χ1v) is 11.2. The van der Waals surface area contributed by atoms with Crippen molar-refractivity contribution >= 4 is 16.1 Å². The third kappa shape index (κ3) is 4.98. The summed E-state index contributed by atoms with van der Waals surface area (Å²) in [7, 11) is -5.53. The lowest BCUT2D eigenvalue weighted by Crippen LogP contribution is -2.39. The number of fused-ring (bicyclic) bond motifs is 2. The van der Waals surface area contributed by atoms with E-state index in [0.29, 0.717) is 11.8 Å². The Bertz CT molecular complexity index is 632. The van der Waals surface area contributed by atoms with Crippen LogP contribution >= 0.6 is 0 Å². The van der Waals surface area contributed by atoms with Crippen molar-refractivity contribution in [2.75, 3.05) is 13.2 Å². The van der Waals surface area contributed by atoms with Gasteiger partial charge in [-0.15, -0.1) is 0 Å². The molecule has 2 bridgehead atoms. The smallest absolute Gasteiger partial charge is 0.392 e. The Morgan fingerprint density at radius 2 is 1.81 bits per heavy atom. The fourth-order valence-corrected chi connectivity index (χ4v) is 5.14. The summed E-state index contributed by atoms with van der Waals surface area (Å²) in [6.45, 7) is -1.75. The molecule has 0 aliphatic heterocycles. The third-order valence-corrected chi connectivity index (χ3v) is 7.29. The molecule has 4 atom stereocenters. The number of alkyl halides is 2. The molecule has 3 aliphatic rings. The number of esters is 1. The molecule has 0 amide bonds. The topological polar surface area (TPSA) is 89.9 Å². The molecule has 4 unspecified atom stereocenters. The summed E-state index contributed by atoms with van der Waals surface area (Å²) in [6, 6.07) is 0. The first-order chi connectivity index (χ1) is 12.7. The van der Waals surface area contributed by atoms with Gasteiger partial charge in [0.25, 0.3) is 0 Å². The van der Waals surface area contributed by atoms with Crippen LogP contribution in [0, 0.1) is 23.7 Å². The summed E-state index contributed by atoms with van der Waals surface area (Å²) in [5.74, 6) is 0.585. The second-order valence-corrected chi connectivity index (χ2v) is 9.83. The Kier molecular flexibility index (Phi) is 6.42. The quantitative estimate of drug-likeness (QED) is 0.487. The molecule has 1 N–H and O–H groups in total. The van der Waals surface area contributed by atoms with E-state index in [0.717, 1.165) is 57.8 Å². The van der Waals surface area contributed by atoms with Crippen LogP contribution in [-0.4, -0.2) is 43.5 Å². The van der Waals surface area contributed by atoms with Crippen LogP contribution in [0.1, 0.15) is 57.8 Å². The molecule has 6 nitrogen and oxygen atoms in total. The fraction of sp³-hybridized carbons (Fsp3) is 0.944. The zero-order chi connectivity index (χ0) is 19.7. The largest absolute Gasteiger partial charge is 0.459 e. The molecular weight excluding hydrogens is 382 g/mol. The van der Waals surface area contributed by atoms with E-state index in [1.807, 2.05) is 0 Å². The monoisotopic (exact) mass is 410 g/mol. The molecule has 0 aromatic rings. The highest BCUT2D eigenvalue weighted by Crippen LogP contribution is 2.49. The Labute approximate surface area is 158 Å². The summed E-state index contributed by atoms with van der Waals surface area (Å²) in [4.78, 5) is 12.6. The van der Waals surface area contributed by atoms with Gasteiger partial charge in [-0.1, -0.05) is 25.7 Å². The fourth-order valence-electron chi connectivity index (χ4n) is 4.91. The van der Waals surface area contributed by atoms with E-state index in [2.05, 4.69) is 0 Å². The van der Waals surface area contributed by atoms with Crippen molar-refractivity contribution in [2.24, 2.45) is 23.7 Å². The van der Waals surface area contributed by atoms with Crippen LogP contribution in [-0.2, 0) is 24.4 Å². The lowest BCUT2D eigenvalue weighted by molar-refractivity contribution is -0.165. The predicted octanol–water partition coefficient (Wildman–Crippen LogP) is 3.41. The molecule has 3 rings (SSSR count). The molecule has 9 heteroatoms. The summed E-state index contributed by atoms with van der Waals surface area (Å²) in [6.07, 6.45) is 8.14. The van der Waals surface area contributed by atoms with E-state index in [1.54, 1.807) is 0 Å². The van der Waals surface area contributed by atoms with Crippen LogP contribution in [0.25, 0.3) is 0 Å². The Morgan fingerprint density at radius 3 is 2.37 bits per heavy atom. The molecule has 0 heterocycles. The molecule has 3 fully saturated rings. The number of carbonyl (C=O) groups excluding carboxylic acids is 1.